The summed E-state index contributed by atoms with van der Waals surface area (Å²) in [5, 5.41) is 18.4. The molecule has 9 heteroatoms. The van der Waals surface area contributed by atoms with Crippen molar-refractivity contribution in [1.29, 1.82) is 0 Å². The highest BCUT2D eigenvalue weighted by atomic mass is 31.2. The Bertz CT molecular complexity index is 458. The van der Waals surface area contributed by atoms with Crippen LogP contribution in [0, 0.1) is 0 Å². The molecule has 0 radical (unpaired) electrons. The molecule has 0 amide bonds. The number of aliphatic carboxylic acids is 1. The lowest BCUT2D eigenvalue weighted by atomic mass is 10.0. The van der Waals surface area contributed by atoms with E-state index < -0.39 is 26.4 Å². The quantitative estimate of drug-likeness (QED) is 0.196. The maximum atomic E-state index is 11.8. The SMILES string of the molecule is CCCCCCCCCCCCC(CN([C@@H](CO)C(=O)O)P(=O)(O)O)N(C)C. The first-order valence-electron chi connectivity index (χ1n) is 10.5. The molecule has 0 rings (SSSR count). The monoisotopic (exact) mass is 424 g/mol. The van der Waals surface area contributed by atoms with E-state index in [1.54, 1.807) is 0 Å². The van der Waals surface area contributed by atoms with E-state index in [1.165, 1.54) is 44.9 Å². The van der Waals surface area contributed by atoms with Gasteiger partial charge < -0.3 is 24.9 Å². The number of aliphatic hydroxyl groups excluding tert-OH is 1. The molecule has 2 atom stereocenters. The molecule has 0 aromatic heterocycles. The lowest BCUT2D eigenvalue weighted by molar-refractivity contribution is -0.143. The highest BCUT2D eigenvalue weighted by molar-refractivity contribution is 7.49. The van der Waals surface area contributed by atoms with Crippen LogP contribution in [0.2, 0.25) is 0 Å². The van der Waals surface area contributed by atoms with Crippen molar-refractivity contribution < 1.29 is 29.4 Å². The van der Waals surface area contributed by atoms with Gasteiger partial charge in [-0.1, -0.05) is 71.1 Å². The molecule has 0 saturated carbocycles. The third kappa shape index (κ3) is 12.1. The van der Waals surface area contributed by atoms with Crippen LogP contribution in [0.3, 0.4) is 0 Å². The van der Waals surface area contributed by atoms with Gasteiger partial charge in [-0.3, -0.25) is 4.79 Å². The summed E-state index contributed by atoms with van der Waals surface area (Å²) in [4.78, 5) is 32.2. The molecule has 0 aliphatic carbocycles. The van der Waals surface area contributed by atoms with Crippen molar-refractivity contribution in [1.82, 2.24) is 9.57 Å². The summed E-state index contributed by atoms with van der Waals surface area (Å²) < 4.78 is 12.4. The van der Waals surface area contributed by atoms with Crippen LogP contribution >= 0.6 is 7.75 Å². The molecule has 0 aliphatic rings. The third-order valence-electron chi connectivity index (χ3n) is 5.17. The van der Waals surface area contributed by atoms with Gasteiger partial charge in [0.2, 0.25) is 0 Å². The van der Waals surface area contributed by atoms with Gasteiger partial charge in [-0.25, -0.2) is 4.57 Å². The van der Waals surface area contributed by atoms with E-state index in [1.807, 2.05) is 19.0 Å². The number of hydrogen-bond donors (Lipinski definition) is 4. The van der Waals surface area contributed by atoms with Crippen LogP contribution in [0.1, 0.15) is 77.6 Å². The van der Waals surface area contributed by atoms with E-state index in [0.29, 0.717) is 4.67 Å². The van der Waals surface area contributed by atoms with Crippen LogP contribution in [-0.2, 0) is 9.36 Å². The van der Waals surface area contributed by atoms with E-state index in [9.17, 15) is 24.3 Å². The van der Waals surface area contributed by atoms with E-state index in [4.69, 9.17) is 5.11 Å². The second-order valence-electron chi connectivity index (χ2n) is 7.76. The second-order valence-corrected chi connectivity index (χ2v) is 9.30. The standard InChI is InChI=1S/C19H41N2O6P/c1-4-5-6-7-8-9-10-11-12-13-14-17(20(2)3)15-21(28(25,26)27)18(16-22)19(23)24/h17-18,22H,4-16H2,1-3H3,(H,23,24)(H2,25,26,27)/t17?,18-/m0/s1. The fourth-order valence-corrected chi connectivity index (χ4v) is 4.25. The molecule has 0 saturated heterocycles. The fourth-order valence-electron chi connectivity index (χ4n) is 3.31. The van der Waals surface area contributed by atoms with Gasteiger partial charge in [0.25, 0.3) is 0 Å². The van der Waals surface area contributed by atoms with Crippen LogP contribution in [0.4, 0.5) is 0 Å². The number of hydrogen-bond acceptors (Lipinski definition) is 4. The summed E-state index contributed by atoms with van der Waals surface area (Å²) >= 11 is 0. The number of rotatable bonds is 18. The average Bonchev–Trinajstić information content (AvgIpc) is 2.60. The smallest absolute Gasteiger partial charge is 0.403 e. The Kier molecular flexibility index (Phi) is 15.1. The lowest BCUT2D eigenvalue weighted by Crippen LogP contribution is -2.48. The Morgan fingerprint density at radius 1 is 0.929 bits per heavy atom. The van der Waals surface area contributed by atoms with Gasteiger partial charge >= 0.3 is 13.7 Å². The van der Waals surface area contributed by atoms with Crippen molar-refractivity contribution in [2.45, 2.75) is 89.6 Å². The van der Waals surface area contributed by atoms with Crippen molar-refractivity contribution in [2.75, 3.05) is 27.2 Å². The first-order valence-corrected chi connectivity index (χ1v) is 12.0. The highest BCUT2D eigenvalue weighted by Crippen LogP contribution is 2.42. The number of carboxylic acid groups (broad SMARTS) is 1. The van der Waals surface area contributed by atoms with Crippen molar-refractivity contribution in [3.05, 3.63) is 0 Å². The predicted octanol–water partition coefficient (Wildman–Crippen LogP) is 3.07. The van der Waals surface area contributed by atoms with Crippen LogP contribution in [0.5, 0.6) is 0 Å². The zero-order chi connectivity index (χ0) is 21.6. The molecule has 0 aromatic carbocycles. The van der Waals surface area contributed by atoms with Gasteiger partial charge in [0, 0.05) is 12.6 Å². The zero-order valence-electron chi connectivity index (χ0n) is 17.8. The zero-order valence-corrected chi connectivity index (χ0v) is 18.7. The van der Waals surface area contributed by atoms with Gasteiger partial charge in [0.05, 0.1) is 6.61 Å². The largest absolute Gasteiger partial charge is 0.480 e. The maximum absolute atomic E-state index is 11.8. The molecule has 28 heavy (non-hydrogen) atoms. The van der Waals surface area contributed by atoms with Gasteiger partial charge in [-0.2, -0.15) is 4.67 Å². The van der Waals surface area contributed by atoms with Gasteiger partial charge in [-0.05, 0) is 20.5 Å². The molecule has 0 bridgehead atoms. The van der Waals surface area contributed by atoms with Gasteiger partial charge in [-0.15, -0.1) is 0 Å². The third-order valence-corrected chi connectivity index (χ3v) is 6.28. The Morgan fingerprint density at radius 3 is 1.75 bits per heavy atom. The Morgan fingerprint density at radius 2 is 1.39 bits per heavy atom. The molecule has 4 N–H and O–H groups in total. The second kappa shape index (κ2) is 15.4. The molecule has 168 valence electrons. The first-order chi connectivity index (χ1) is 13.1. The minimum Gasteiger partial charge on any atom is -0.480 e. The van der Waals surface area contributed by atoms with Crippen LogP contribution in [0.25, 0.3) is 0 Å². The number of carbonyl (C=O) groups is 1. The first kappa shape index (κ1) is 27.5. The number of likely N-dealkylation sites (N-methyl/N-ethyl adjacent to an activating group) is 1. The predicted molar refractivity (Wildman–Crippen MR) is 111 cm³/mol. The summed E-state index contributed by atoms with van der Waals surface area (Å²) in [5.74, 6) is -1.44. The average molecular weight is 425 g/mol. The number of aliphatic hydroxyl groups is 1. The van der Waals surface area contributed by atoms with E-state index in [0.717, 1.165) is 25.7 Å². The van der Waals surface area contributed by atoms with Crippen LogP contribution in [0.15, 0.2) is 0 Å². The summed E-state index contributed by atoms with van der Waals surface area (Å²) in [6.45, 7) is 1.26. The molecule has 0 aromatic rings. The van der Waals surface area contributed by atoms with E-state index in [-0.39, 0.29) is 12.6 Å². The normalized spacial score (nSPS) is 14.6. The molecule has 8 nitrogen and oxygen atoms in total. The molecular weight excluding hydrogens is 383 g/mol. The fraction of sp³-hybridized carbons (Fsp3) is 0.947. The van der Waals surface area contributed by atoms with E-state index >= 15 is 0 Å². The van der Waals surface area contributed by atoms with Crippen molar-refractivity contribution in [2.24, 2.45) is 0 Å². The summed E-state index contributed by atoms with van der Waals surface area (Å²) in [6, 6.07) is -1.81. The Labute approximate surface area is 170 Å². The minimum absolute atomic E-state index is 0.105. The van der Waals surface area contributed by atoms with Crippen LogP contribution < -0.4 is 0 Å². The Hall–Kier alpha value is -0.500. The molecule has 1 unspecified atom stereocenters. The van der Waals surface area contributed by atoms with Crippen molar-refractivity contribution in [3.63, 3.8) is 0 Å². The molecule has 0 spiro atoms. The molecule has 0 aliphatic heterocycles. The summed E-state index contributed by atoms with van der Waals surface area (Å²) in [7, 11) is -1.17. The summed E-state index contributed by atoms with van der Waals surface area (Å²) in [6.07, 6.45) is 12.8. The number of nitrogens with zero attached hydrogens (tertiary/aromatic N) is 2. The van der Waals surface area contributed by atoms with E-state index in [2.05, 4.69) is 6.92 Å². The van der Waals surface area contributed by atoms with Gasteiger partial charge in [0.15, 0.2) is 0 Å². The minimum atomic E-state index is -4.80. The topological polar surface area (TPSA) is 122 Å². The number of carboxylic acids is 1. The van der Waals surface area contributed by atoms with Gasteiger partial charge in [0.1, 0.15) is 6.04 Å². The van der Waals surface area contributed by atoms with Crippen molar-refractivity contribution >= 4 is 13.7 Å². The van der Waals surface area contributed by atoms with Crippen LogP contribution in [-0.4, -0.2) is 74.9 Å². The Balaban J connectivity index is 4.39. The van der Waals surface area contributed by atoms with Crippen molar-refractivity contribution in [3.8, 4) is 0 Å². The highest BCUT2D eigenvalue weighted by Gasteiger charge is 2.38. The maximum Gasteiger partial charge on any atom is 0.403 e. The summed E-state index contributed by atoms with van der Waals surface area (Å²) in [5.41, 5.74) is 0. The molecular formula is C19H41N2O6P. The molecule has 0 fully saturated rings. The number of unbranched alkanes of at least 4 members (excludes halogenated alkanes) is 9. The molecule has 0 heterocycles. The lowest BCUT2D eigenvalue weighted by Gasteiger charge is -2.34.